The molecule has 0 aliphatic heterocycles. The van der Waals surface area contributed by atoms with Crippen LogP contribution in [-0.2, 0) is 4.74 Å². The molecule has 0 atom stereocenters. The molecule has 5 heteroatoms. The van der Waals surface area contributed by atoms with E-state index >= 15 is 0 Å². The zero-order valence-corrected chi connectivity index (χ0v) is 14.3. The van der Waals surface area contributed by atoms with Crippen LogP contribution in [0.3, 0.4) is 0 Å². The van der Waals surface area contributed by atoms with E-state index in [1.54, 1.807) is 42.5 Å². The van der Waals surface area contributed by atoms with E-state index in [4.69, 9.17) is 16.3 Å². The van der Waals surface area contributed by atoms with Crippen molar-refractivity contribution in [1.29, 1.82) is 0 Å². The number of amides is 1. The molecule has 2 rings (SSSR count). The quantitative estimate of drug-likeness (QED) is 0.571. The first kappa shape index (κ1) is 18.0. The maximum absolute atomic E-state index is 12.3. The summed E-state index contributed by atoms with van der Waals surface area (Å²) >= 11 is 6.03. The highest BCUT2D eigenvalue weighted by Crippen LogP contribution is 2.21. The summed E-state index contributed by atoms with van der Waals surface area (Å²) in [5.41, 5.74) is 1.26. The van der Waals surface area contributed by atoms with E-state index in [0.717, 1.165) is 19.3 Å². The van der Waals surface area contributed by atoms with Gasteiger partial charge in [0, 0.05) is 5.56 Å². The van der Waals surface area contributed by atoms with Crippen LogP contribution in [0.2, 0.25) is 5.02 Å². The Hall–Kier alpha value is -2.33. The second kappa shape index (κ2) is 9.08. The molecule has 0 aliphatic rings. The lowest BCUT2D eigenvalue weighted by Gasteiger charge is -2.08. The van der Waals surface area contributed by atoms with Crippen LogP contribution in [0, 0.1) is 0 Å². The maximum atomic E-state index is 12.3. The number of hydrogen-bond acceptors (Lipinski definition) is 3. The van der Waals surface area contributed by atoms with Crippen molar-refractivity contribution in [3.05, 3.63) is 64.7 Å². The molecule has 0 saturated heterocycles. The number of unbranched alkanes of at least 4 members (excludes halogenated alkanes) is 2. The molecule has 0 aliphatic carbocycles. The van der Waals surface area contributed by atoms with Crippen LogP contribution in [0.1, 0.15) is 46.9 Å². The Labute approximate surface area is 146 Å². The molecule has 0 aromatic heterocycles. The molecule has 0 fully saturated rings. The minimum Gasteiger partial charge on any atom is -0.462 e. The Morgan fingerprint density at radius 3 is 2.54 bits per heavy atom. The number of carbonyl (C=O) groups excluding carboxylic acids is 2. The second-order valence-electron chi connectivity index (χ2n) is 5.36. The Morgan fingerprint density at radius 2 is 1.79 bits per heavy atom. The van der Waals surface area contributed by atoms with Gasteiger partial charge in [-0.05, 0) is 36.8 Å². The van der Waals surface area contributed by atoms with E-state index < -0.39 is 5.97 Å². The van der Waals surface area contributed by atoms with E-state index in [2.05, 4.69) is 12.2 Å². The predicted octanol–water partition coefficient (Wildman–Crippen LogP) is 4.94. The molecule has 2 aromatic rings. The molecule has 1 N–H and O–H groups in total. The number of carbonyl (C=O) groups is 2. The summed E-state index contributed by atoms with van der Waals surface area (Å²) in [7, 11) is 0. The first-order valence-electron chi connectivity index (χ1n) is 7.95. The fraction of sp³-hybridized carbons (Fsp3) is 0.263. The van der Waals surface area contributed by atoms with Crippen molar-refractivity contribution in [3.63, 3.8) is 0 Å². The zero-order chi connectivity index (χ0) is 17.4. The largest absolute Gasteiger partial charge is 0.462 e. The van der Waals surface area contributed by atoms with E-state index in [-0.39, 0.29) is 5.91 Å². The molecule has 0 heterocycles. The molecule has 0 spiro atoms. The fourth-order valence-electron chi connectivity index (χ4n) is 2.14. The lowest BCUT2D eigenvalue weighted by molar-refractivity contribution is 0.0498. The molecule has 0 unspecified atom stereocenters. The number of anilines is 1. The second-order valence-corrected chi connectivity index (χ2v) is 5.77. The average molecular weight is 346 g/mol. The molecular formula is C19H20ClNO3. The molecule has 126 valence electrons. The molecule has 0 bridgehead atoms. The van der Waals surface area contributed by atoms with Crippen LogP contribution in [0.15, 0.2) is 48.5 Å². The number of para-hydroxylation sites is 1. The highest BCUT2D eigenvalue weighted by atomic mass is 35.5. The SMILES string of the molecule is CCCCCOC(=O)c1cccc(C(=O)Nc2ccccc2Cl)c1. The summed E-state index contributed by atoms with van der Waals surface area (Å²) in [6.45, 7) is 2.48. The molecule has 4 nitrogen and oxygen atoms in total. The van der Waals surface area contributed by atoms with Gasteiger partial charge in [0.05, 0.1) is 22.9 Å². The van der Waals surface area contributed by atoms with Gasteiger partial charge < -0.3 is 10.1 Å². The Kier molecular flexibility index (Phi) is 6.82. The first-order chi connectivity index (χ1) is 11.6. The smallest absolute Gasteiger partial charge is 0.338 e. The normalized spacial score (nSPS) is 10.2. The van der Waals surface area contributed by atoms with Crippen molar-refractivity contribution in [2.45, 2.75) is 26.2 Å². The Bertz CT molecular complexity index is 715. The van der Waals surface area contributed by atoms with E-state index in [0.29, 0.717) is 28.4 Å². The minimum absolute atomic E-state index is 0.330. The molecule has 24 heavy (non-hydrogen) atoms. The summed E-state index contributed by atoms with van der Waals surface area (Å²) in [6, 6.07) is 13.4. The molecule has 1 amide bonds. The fourth-order valence-corrected chi connectivity index (χ4v) is 2.33. The summed E-state index contributed by atoms with van der Waals surface area (Å²) in [5, 5.41) is 3.19. The van der Waals surface area contributed by atoms with Gasteiger partial charge >= 0.3 is 5.97 Å². The highest BCUT2D eigenvalue weighted by molar-refractivity contribution is 6.33. The van der Waals surface area contributed by atoms with Crippen LogP contribution in [-0.4, -0.2) is 18.5 Å². The topological polar surface area (TPSA) is 55.4 Å². The van der Waals surface area contributed by atoms with Crippen LogP contribution in [0.5, 0.6) is 0 Å². The van der Waals surface area contributed by atoms with Gasteiger partial charge in [-0.25, -0.2) is 4.79 Å². The summed E-state index contributed by atoms with van der Waals surface area (Å²) in [4.78, 5) is 24.3. The average Bonchev–Trinajstić information content (AvgIpc) is 2.60. The molecule has 0 saturated carbocycles. The van der Waals surface area contributed by atoms with Gasteiger partial charge in [0.25, 0.3) is 5.91 Å². The number of benzene rings is 2. The Balaban J connectivity index is 2.02. The van der Waals surface area contributed by atoms with Crippen molar-refractivity contribution in [3.8, 4) is 0 Å². The monoisotopic (exact) mass is 345 g/mol. The third-order valence-corrected chi connectivity index (χ3v) is 3.79. The first-order valence-corrected chi connectivity index (χ1v) is 8.32. The van der Waals surface area contributed by atoms with Gasteiger partial charge in [-0.3, -0.25) is 4.79 Å². The number of hydrogen-bond donors (Lipinski definition) is 1. The minimum atomic E-state index is -0.418. The number of nitrogens with one attached hydrogen (secondary N) is 1. The van der Waals surface area contributed by atoms with Gasteiger partial charge in [-0.1, -0.05) is 49.6 Å². The number of esters is 1. The molecule has 2 aromatic carbocycles. The standard InChI is InChI=1S/C19H20ClNO3/c1-2-3-6-12-24-19(23)15-9-7-8-14(13-15)18(22)21-17-11-5-4-10-16(17)20/h4-5,7-11,13H,2-3,6,12H2,1H3,(H,21,22). The van der Waals surface area contributed by atoms with E-state index in [1.807, 2.05) is 0 Å². The molecular weight excluding hydrogens is 326 g/mol. The van der Waals surface area contributed by atoms with Crippen molar-refractivity contribution < 1.29 is 14.3 Å². The maximum Gasteiger partial charge on any atom is 0.338 e. The zero-order valence-electron chi connectivity index (χ0n) is 13.5. The van der Waals surface area contributed by atoms with Gasteiger partial charge in [0.15, 0.2) is 0 Å². The van der Waals surface area contributed by atoms with Crippen molar-refractivity contribution >= 4 is 29.2 Å². The summed E-state index contributed by atoms with van der Waals surface area (Å²) < 4.78 is 5.21. The van der Waals surface area contributed by atoms with Crippen molar-refractivity contribution in [2.75, 3.05) is 11.9 Å². The van der Waals surface area contributed by atoms with Gasteiger partial charge in [-0.2, -0.15) is 0 Å². The van der Waals surface area contributed by atoms with Crippen LogP contribution in [0.4, 0.5) is 5.69 Å². The van der Waals surface area contributed by atoms with Crippen LogP contribution in [0.25, 0.3) is 0 Å². The van der Waals surface area contributed by atoms with E-state index in [1.165, 1.54) is 6.07 Å². The Morgan fingerprint density at radius 1 is 1.04 bits per heavy atom. The number of halogens is 1. The number of rotatable bonds is 7. The van der Waals surface area contributed by atoms with Gasteiger partial charge in [0.1, 0.15) is 0 Å². The van der Waals surface area contributed by atoms with Crippen LogP contribution >= 0.6 is 11.6 Å². The predicted molar refractivity (Wildman–Crippen MR) is 95.7 cm³/mol. The summed E-state index contributed by atoms with van der Waals surface area (Å²) in [6.07, 6.45) is 2.93. The van der Waals surface area contributed by atoms with Crippen molar-refractivity contribution in [2.24, 2.45) is 0 Å². The van der Waals surface area contributed by atoms with Gasteiger partial charge in [0.2, 0.25) is 0 Å². The van der Waals surface area contributed by atoms with Crippen LogP contribution < -0.4 is 5.32 Å². The van der Waals surface area contributed by atoms with E-state index in [9.17, 15) is 9.59 Å². The lowest BCUT2D eigenvalue weighted by atomic mass is 10.1. The van der Waals surface area contributed by atoms with Crippen molar-refractivity contribution in [1.82, 2.24) is 0 Å². The summed E-state index contributed by atoms with van der Waals surface area (Å²) in [5.74, 6) is -0.748. The lowest BCUT2D eigenvalue weighted by Crippen LogP contribution is -2.14. The highest BCUT2D eigenvalue weighted by Gasteiger charge is 2.12. The molecule has 0 radical (unpaired) electrons. The van der Waals surface area contributed by atoms with Gasteiger partial charge in [-0.15, -0.1) is 0 Å². The third-order valence-electron chi connectivity index (χ3n) is 3.46. The number of ether oxygens (including phenoxy) is 1. The third kappa shape index (κ3) is 5.10.